The molecule has 0 saturated carbocycles. The fourth-order valence-corrected chi connectivity index (χ4v) is 8.05. The van der Waals surface area contributed by atoms with Crippen LogP contribution in [0.2, 0.25) is 5.02 Å². The number of aromatic nitrogens is 2. The van der Waals surface area contributed by atoms with Crippen molar-refractivity contribution >= 4 is 54.7 Å². The summed E-state index contributed by atoms with van der Waals surface area (Å²) in [6.07, 6.45) is 6.44. The Balaban J connectivity index is 1.40. The smallest absolute Gasteiger partial charge is 0.319 e. The van der Waals surface area contributed by atoms with Crippen molar-refractivity contribution in [2.45, 2.75) is 44.1 Å². The van der Waals surface area contributed by atoms with Crippen LogP contribution in [0.3, 0.4) is 0 Å². The van der Waals surface area contributed by atoms with Crippen LogP contribution in [0.15, 0.2) is 18.2 Å². The first-order valence-corrected chi connectivity index (χ1v) is 14.8. The van der Waals surface area contributed by atoms with Crippen LogP contribution in [0, 0.1) is 23.0 Å². The van der Waals surface area contributed by atoms with E-state index in [2.05, 4.69) is 14.8 Å². The number of halogens is 3. The topological polar surface area (TPSA) is 91.3 Å². The highest BCUT2D eigenvalue weighted by atomic mass is 35.5. The molecule has 0 atom stereocenters. The van der Waals surface area contributed by atoms with Crippen LogP contribution in [0.4, 0.5) is 19.6 Å². The van der Waals surface area contributed by atoms with Crippen molar-refractivity contribution in [1.82, 2.24) is 14.9 Å². The lowest BCUT2D eigenvalue weighted by molar-refractivity contribution is 0.108. The van der Waals surface area contributed by atoms with E-state index in [0.717, 1.165) is 76.0 Å². The van der Waals surface area contributed by atoms with Crippen LogP contribution in [0.1, 0.15) is 44.1 Å². The number of ether oxygens (including phenoxy) is 1. The Morgan fingerprint density at radius 3 is 2.58 bits per heavy atom. The molecular weight excluding hydrogens is 554 g/mol. The molecular formula is C29H27ClF2N6OS. The third-order valence-electron chi connectivity index (χ3n) is 8.73. The Hall–Kier alpha value is -3.26. The zero-order valence-corrected chi connectivity index (χ0v) is 23.3. The molecule has 5 heterocycles. The molecule has 0 bridgehead atoms. The molecule has 7 rings (SSSR count). The Morgan fingerprint density at radius 1 is 1.10 bits per heavy atom. The Morgan fingerprint density at radius 2 is 1.85 bits per heavy atom. The van der Waals surface area contributed by atoms with Gasteiger partial charge in [-0.05, 0) is 69.3 Å². The van der Waals surface area contributed by atoms with Crippen molar-refractivity contribution in [2.24, 2.45) is 0 Å². The number of nitrogen functional groups attached to an aromatic ring is 1. The third-order valence-corrected chi connectivity index (χ3v) is 10.1. The quantitative estimate of drug-likeness (QED) is 0.288. The van der Waals surface area contributed by atoms with Gasteiger partial charge in [-0.1, -0.05) is 17.7 Å². The van der Waals surface area contributed by atoms with Crippen molar-refractivity contribution < 1.29 is 13.5 Å². The highest BCUT2D eigenvalue weighted by Crippen LogP contribution is 2.46. The minimum absolute atomic E-state index is 0.0118. The third kappa shape index (κ3) is 3.90. The zero-order valence-electron chi connectivity index (χ0n) is 21.8. The van der Waals surface area contributed by atoms with Crippen LogP contribution in [-0.2, 0) is 0 Å². The SMILES string of the molecule is N#Cc1c(N)sc2c(F)ccc(-c3c(Cl)cc4c(N5CCCC5)nc(OCC56CCCN5CCC6)nc4c3F)c12. The van der Waals surface area contributed by atoms with Gasteiger partial charge >= 0.3 is 6.01 Å². The largest absolute Gasteiger partial charge is 0.461 e. The monoisotopic (exact) mass is 580 g/mol. The van der Waals surface area contributed by atoms with Crippen molar-refractivity contribution in [2.75, 3.05) is 43.4 Å². The minimum Gasteiger partial charge on any atom is -0.461 e. The molecule has 2 aromatic carbocycles. The van der Waals surface area contributed by atoms with Crippen LogP contribution in [0.25, 0.3) is 32.1 Å². The molecule has 11 heteroatoms. The average molecular weight is 581 g/mol. The lowest BCUT2D eigenvalue weighted by atomic mass is 9.95. The highest BCUT2D eigenvalue weighted by molar-refractivity contribution is 7.23. The molecule has 2 aromatic heterocycles. The summed E-state index contributed by atoms with van der Waals surface area (Å²) in [5.74, 6) is -0.604. The summed E-state index contributed by atoms with van der Waals surface area (Å²) in [6, 6.07) is 6.53. The molecule has 0 aliphatic carbocycles. The Kier molecular flexibility index (Phi) is 6.22. The normalized spacial score (nSPS) is 18.6. The van der Waals surface area contributed by atoms with Crippen molar-refractivity contribution in [3.63, 3.8) is 0 Å². The van der Waals surface area contributed by atoms with Crippen LogP contribution in [0.5, 0.6) is 6.01 Å². The summed E-state index contributed by atoms with van der Waals surface area (Å²) in [4.78, 5) is 14.0. The van der Waals surface area contributed by atoms with Gasteiger partial charge in [0.05, 0.1) is 20.8 Å². The molecule has 40 heavy (non-hydrogen) atoms. The highest BCUT2D eigenvalue weighted by Gasteiger charge is 2.45. The van der Waals surface area contributed by atoms with Gasteiger partial charge in [-0.2, -0.15) is 15.2 Å². The van der Waals surface area contributed by atoms with E-state index < -0.39 is 11.6 Å². The van der Waals surface area contributed by atoms with Gasteiger partial charge in [0.15, 0.2) is 5.82 Å². The molecule has 2 N–H and O–H groups in total. The van der Waals surface area contributed by atoms with Gasteiger partial charge in [-0.25, -0.2) is 8.78 Å². The second-order valence-electron chi connectivity index (χ2n) is 10.9. The van der Waals surface area contributed by atoms with Gasteiger partial charge in [-0.3, -0.25) is 4.90 Å². The summed E-state index contributed by atoms with van der Waals surface area (Å²) in [6.45, 7) is 4.19. The van der Waals surface area contributed by atoms with Gasteiger partial charge in [0, 0.05) is 29.4 Å². The first kappa shape index (κ1) is 25.7. The summed E-state index contributed by atoms with van der Waals surface area (Å²) >= 11 is 7.72. The average Bonchev–Trinajstić information content (AvgIpc) is 3.73. The molecule has 3 fully saturated rings. The molecule has 0 spiro atoms. The number of hydrogen-bond donors (Lipinski definition) is 1. The number of hydrogen-bond acceptors (Lipinski definition) is 8. The molecule has 3 saturated heterocycles. The van der Waals surface area contributed by atoms with E-state index in [0.29, 0.717) is 23.4 Å². The maximum absolute atomic E-state index is 16.6. The maximum atomic E-state index is 16.6. The molecule has 0 radical (unpaired) electrons. The molecule has 4 aromatic rings. The van der Waals surface area contributed by atoms with Crippen molar-refractivity contribution in [3.05, 3.63) is 40.4 Å². The van der Waals surface area contributed by atoms with E-state index in [9.17, 15) is 9.65 Å². The van der Waals surface area contributed by atoms with E-state index in [4.69, 9.17) is 27.1 Å². The maximum Gasteiger partial charge on any atom is 0.319 e. The molecule has 3 aliphatic rings. The first-order valence-electron chi connectivity index (χ1n) is 13.6. The number of nitriles is 1. The Bertz CT molecular complexity index is 1700. The second kappa shape index (κ2) is 9.68. The van der Waals surface area contributed by atoms with E-state index >= 15 is 4.39 Å². The zero-order chi connectivity index (χ0) is 27.6. The molecule has 0 unspecified atom stereocenters. The minimum atomic E-state index is -0.668. The van der Waals surface area contributed by atoms with E-state index in [1.165, 1.54) is 12.1 Å². The van der Waals surface area contributed by atoms with Gasteiger partial charge in [0.1, 0.15) is 34.8 Å². The Labute approximate surface area is 239 Å². The van der Waals surface area contributed by atoms with Crippen molar-refractivity contribution in [3.8, 4) is 23.2 Å². The number of anilines is 2. The number of nitrogens with two attached hydrogens (primary N) is 1. The number of nitrogens with zero attached hydrogens (tertiary/aromatic N) is 5. The standard InChI is InChI=1S/C29H27ClF2N6OS/c30-19-13-17-24(23(32)22(19)16-5-6-20(31)25-21(16)18(14-33)26(34)40-25)35-28(36-27(17)37-9-1-2-10-37)39-15-29-7-3-11-38(29)12-4-8-29/h5-6,13H,1-4,7-12,15,34H2. The molecule has 0 amide bonds. The van der Waals surface area contributed by atoms with Crippen LogP contribution in [-0.4, -0.2) is 53.2 Å². The van der Waals surface area contributed by atoms with Gasteiger partial charge < -0.3 is 15.4 Å². The molecule has 7 nitrogen and oxygen atoms in total. The van der Waals surface area contributed by atoms with Crippen LogP contribution >= 0.6 is 22.9 Å². The van der Waals surface area contributed by atoms with Crippen molar-refractivity contribution in [1.29, 1.82) is 5.26 Å². The van der Waals surface area contributed by atoms with Gasteiger partial charge in [0.25, 0.3) is 0 Å². The summed E-state index contributed by atoms with van der Waals surface area (Å²) in [5.41, 5.74) is 6.54. The lowest BCUT2D eigenvalue weighted by Gasteiger charge is -2.31. The van der Waals surface area contributed by atoms with E-state index in [1.807, 2.05) is 6.07 Å². The summed E-state index contributed by atoms with van der Waals surface area (Å²) in [7, 11) is 0. The predicted octanol–water partition coefficient (Wildman–Crippen LogP) is 6.50. The number of thiophene rings is 1. The summed E-state index contributed by atoms with van der Waals surface area (Å²) < 4.78 is 37.8. The van der Waals surface area contributed by atoms with Crippen LogP contribution < -0.4 is 15.4 Å². The molecule has 206 valence electrons. The summed E-state index contributed by atoms with van der Waals surface area (Å²) in [5, 5.41) is 10.8. The van der Waals surface area contributed by atoms with Gasteiger partial charge in [-0.15, -0.1) is 11.3 Å². The number of rotatable bonds is 5. The lowest BCUT2D eigenvalue weighted by Crippen LogP contribution is -2.43. The molecule has 3 aliphatic heterocycles. The van der Waals surface area contributed by atoms with E-state index in [1.54, 1.807) is 6.07 Å². The second-order valence-corrected chi connectivity index (χ2v) is 12.4. The van der Waals surface area contributed by atoms with Gasteiger partial charge in [0.2, 0.25) is 0 Å². The predicted molar refractivity (Wildman–Crippen MR) is 154 cm³/mol. The first-order chi connectivity index (χ1) is 19.4. The fraction of sp³-hybridized carbons (Fsp3) is 0.414. The fourth-order valence-electron chi connectivity index (χ4n) is 6.81. The number of benzene rings is 2. The van der Waals surface area contributed by atoms with E-state index in [-0.39, 0.29) is 48.3 Å². The number of fused-ring (bicyclic) bond motifs is 3.